The third-order valence-corrected chi connectivity index (χ3v) is 3.98. The molecule has 0 fully saturated rings. The lowest BCUT2D eigenvalue weighted by molar-refractivity contribution is -0.125. The van der Waals surface area contributed by atoms with Crippen molar-refractivity contribution in [3.05, 3.63) is 59.4 Å². The average molecular weight is 355 g/mol. The van der Waals surface area contributed by atoms with Crippen LogP contribution in [0.1, 0.15) is 18.1 Å². The molecular weight excluding hydrogens is 337 g/mol. The number of benzene rings is 2. The summed E-state index contributed by atoms with van der Waals surface area (Å²) in [5.74, 6) is -1.06. The minimum absolute atomic E-state index is 0.197. The number of carbonyl (C=O) groups is 2. The molecule has 0 atom stereocenters. The quantitative estimate of drug-likeness (QED) is 0.676. The summed E-state index contributed by atoms with van der Waals surface area (Å²) in [5.41, 5.74) is 5.31. The maximum atomic E-state index is 13.5. The van der Waals surface area contributed by atoms with E-state index < -0.39 is 17.6 Å². The Morgan fingerprint density at radius 2 is 2.00 bits per heavy atom. The van der Waals surface area contributed by atoms with Gasteiger partial charge in [0.1, 0.15) is 18.1 Å². The normalized spacial score (nSPS) is 13.9. The number of nitrogens with one attached hydrogen (secondary N) is 1. The number of hydrogen-bond donors (Lipinski definition) is 1. The number of ether oxygens (including phenoxy) is 1. The molecule has 1 aliphatic heterocycles. The molecule has 0 spiro atoms. The number of halogens is 1. The van der Waals surface area contributed by atoms with Crippen molar-refractivity contribution < 1.29 is 18.7 Å². The molecule has 7 heteroatoms. The first-order chi connectivity index (χ1) is 12.4. The molecule has 0 saturated heterocycles. The molecule has 2 aromatic rings. The van der Waals surface area contributed by atoms with Crippen molar-refractivity contribution in [2.75, 3.05) is 18.1 Å². The Morgan fingerprint density at radius 1 is 1.27 bits per heavy atom. The third kappa shape index (κ3) is 3.88. The summed E-state index contributed by atoms with van der Waals surface area (Å²) < 4.78 is 18.7. The summed E-state index contributed by atoms with van der Waals surface area (Å²) in [6.45, 7) is 3.29. The van der Waals surface area contributed by atoms with Gasteiger partial charge in [-0.3, -0.25) is 14.5 Å². The van der Waals surface area contributed by atoms with Crippen molar-refractivity contribution in [1.82, 2.24) is 5.43 Å². The van der Waals surface area contributed by atoms with E-state index in [0.29, 0.717) is 11.5 Å². The number of fused-ring (bicyclic) bond motifs is 1. The van der Waals surface area contributed by atoms with E-state index in [1.54, 1.807) is 6.92 Å². The smallest absolute Gasteiger partial charge is 0.265 e. The van der Waals surface area contributed by atoms with Crippen LogP contribution in [0, 0.1) is 12.7 Å². The van der Waals surface area contributed by atoms with Gasteiger partial charge in [0.2, 0.25) is 0 Å². The van der Waals surface area contributed by atoms with Crippen molar-refractivity contribution in [2.45, 2.75) is 13.8 Å². The van der Waals surface area contributed by atoms with Crippen molar-refractivity contribution in [1.29, 1.82) is 0 Å². The number of nitrogens with zero attached hydrogens (tertiary/aromatic N) is 2. The number of hydrogen-bond acceptors (Lipinski definition) is 4. The summed E-state index contributed by atoms with van der Waals surface area (Å²) in [6, 6.07) is 11.6. The topological polar surface area (TPSA) is 71.0 Å². The van der Waals surface area contributed by atoms with E-state index in [-0.39, 0.29) is 18.8 Å². The summed E-state index contributed by atoms with van der Waals surface area (Å²) in [5, 5.41) is 4.06. The third-order valence-electron chi connectivity index (χ3n) is 3.98. The second kappa shape index (κ2) is 7.35. The van der Waals surface area contributed by atoms with Crippen LogP contribution in [-0.4, -0.2) is 30.7 Å². The van der Waals surface area contributed by atoms with Gasteiger partial charge in [0, 0.05) is 6.07 Å². The van der Waals surface area contributed by atoms with Crippen molar-refractivity contribution in [2.24, 2.45) is 5.10 Å². The minimum atomic E-state index is -0.513. The fraction of sp³-hybridized carbons (Fsp3) is 0.211. The molecule has 26 heavy (non-hydrogen) atoms. The molecule has 2 amide bonds. The van der Waals surface area contributed by atoms with Crippen LogP contribution in [0.15, 0.2) is 47.6 Å². The number of amides is 2. The Balaban J connectivity index is 1.70. The van der Waals surface area contributed by atoms with Gasteiger partial charge in [-0.2, -0.15) is 5.10 Å². The molecule has 6 nitrogen and oxygen atoms in total. The highest BCUT2D eigenvalue weighted by Gasteiger charge is 2.27. The Bertz CT molecular complexity index is 878. The zero-order chi connectivity index (χ0) is 18.7. The predicted molar refractivity (Wildman–Crippen MR) is 95.8 cm³/mol. The van der Waals surface area contributed by atoms with Gasteiger partial charge in [0.05, 0.1) is 11.4 Å². The molecule has 0 radical (unpaired) electrons. The summed E-state index contributed by atoms with van der Waals surface area (Å²) in [6.07, 6.45) is 0. The first-order valence-electron chi connectivity index (χ1n) is 8.07. The van der Waals surface area contributed by atoms with Crippen LogP contribution in [0.5, 0.6) is 5.75 Å². The second-order valence-electron chi connectivity index (χ2n) is 5.98. The SMILES string of the molecule is C/C(=N\NC(=O)CN1C(=O)COc2ccc(F)cc21)c1ccc(C)cc1. The molecule has 0 unspecified atom stereocenters. The zero-order valence-electron chi connectivity index (χ0n) is 14.5. The van der Waals surface area contributed by atoms with Gasteiger partial charge in [-0.15, -0.1) is 0 Å². The lowest BCUT2D eigenvalue weighted by Gasteiger charge is -2.28. The van der Waals surface area contributed by atoms with Crippen LogP contribution < -0.4 is 15.1 Å². The highest BCUT2D eigenvalue weighted by atomic mass is 19.1. The highest BCUT2D eigenvalue weighted by molar-refractivity contribution is 6.03. The summed E-state index contributed by atoms with van der Waals surface area (Å²) in [4.78, 5) is 25.4. The Morgan fingerprint density at radius 3 is 2.73 bits per heavy atom. The van der Waals surface area contributed by atoms with Crippen LogP contribution in [-0.2, 0) is 9.59 Å². The van der Waals surface area contributed by atoms with Crippen LogP contribution in [0.25, 0.3) is 0 Å². The fourth-order valence-electron chi connectivity index (χ4n) is 2.53. The molecular formula is C19H18FN3O3. The van der Waals surface area contributed by atoms with Crippen molar-refractivity contribution >= 4 is 23.2 Å². The van der Waals surface area contributed by atoms with Crippen LogP contribution in [0.3, 0.4) is 0 Å². The van der Waals surface area contributed by atoms with Crippen molar-refractivity contribution in [3.8, 4) is 5.75 Å². The van der Waals surface area contributed by atoms with Crippen LogP contribution >= 0.6 is 0 Å². The monoisotopic (exact) mass is 355 g/mol. The Labute approximate surface area is 150 Å². The fourth-order valence-corrected chi connectivity index (χ4v) is 2.53. The van der Waals surface area contributed by atoms with Gasteiger partial charge in [-0.1, -0.05) is 29.8 Å². The highest BCUT2D eigenvalue weighted by Crippen LogP contribution is 2.32. The summed E-state index contributed by atoms with van der Waals surface area (Å²) >= 11 is 0. The van der Waals surface area contributed by atoms with E-state index in [1.165, 1.54) is 23.1 Å². The predicted octanol–water partition coefficient (Wildman–Crippen LogP) is 2.40. The number of rotatable bonds is 4. The number of hydrazone groups is 1. The molecule has 134 valence electrons. The standard InChI is InChI=1S/C19H18FN3O3/c1-12-3-5-14(6-4-12)13(2)21-22-18(24)10-23-16-9-15(20)7-8-17(16)26-11-19(23)25/h3-9H,10-11H2,1-2H3,(H,22,24)/b21-13+. The van der Waals surface area contributed by atoms with E-state index in [0.717, 1.165) is 11.1 Å². The molecule has 1 heterocycles. The van der Waals surface area contributed by atoms with E-state index >= 15 is 0 Å². The van der Waals surface area contributed by atoms with E-state index in [4.69, 9.17) is 4.74 Å². The van der Waals surface area contributed by atoms with Crippen LogP contribution in [0.2, 0.25) is 0 Å². The molecule has 0 aliphatic carbocycles. The molecule has 3 rings (SSSR count). The number of carbonyl (C=O) groups excluding carboxylic acids is 2. The lowest BCUT2D eigenvalue weighted by atomic mass is 10.1. The molecule has 1 N–H and O–H groups in total. The van der Waals surface area contributed by atoms with Gasteiger partial charge in [-0.25, -0.2) is 9.82 Å². The Hall–Kier alpha value is -3.22. The maximum Gasteiger partial charge on any atom is 0.265 e. The molecule has 0 saturated carbocycles. The van der Waals surface area contributed by atoms with E-state index in [2.05, 4.69) is 10.5 Å². The van der Waals surface area contributed by atoms with E-state index in [1.807, 2.05) is 31.2 Å². The summed E-state index contributed by atoms with van der Waals surface area (Å²) in [7, 11) is 0. The van der Waals surface area contributed by atoms with Gasteiger partial charge in [0.25, 0.3) is 11.8 Å². The minimum Gasteiger partial charge on any atom is -0.482 e. The number of anilines is 1. The Kier molecular flexibility index (Phi) is 4.97. The van der Waals surface area contributed by atoms with E-state index in [9.17, 15) is 14.0 Å². The van der Waals surface area contributed by atoms with Crippen LogP contribution in [0.4, 0.5) is 10.1 Å². The van der Waals surface area contributed by atoms with Gasteiger partial charge in [0.15, 0.2) is 6.61 Å². The largest absolute Gasteiger partial charge is 0.482 e. The van der Waals surface area contributed by atoms with Crippen molar-refractivity contribution in [3.63, 3.8) is 0 Å². The molecule has 0 bridgehead atoms. The molecule has 2 aromatic carbocycles. The van der Waals surface area contributed by atoms with Gasteiger partial charge < -0.3 is 4.74 Å². The van der Waals surface area contributed by atoms with Gasteiger partial charge >= 0.3 is 0 Å². The average Bonchev–Trinajstić information content (AvgIpc) is 2.63. The maximum absolute atomic E-state index is 13.5. The number of aryl methyl sites for hydroxylation is 1. The first-order valence-corrected chi connectivity index (χ1v) is 8.07. The van der Waals surface area contributed by atoms with Gasteiger partial charge in [-0.05, 0) is 31.5 Å². The first kappa shape index (κ1) is 17.6. The zero-order valence-corrected chi connectivity index (χ0v) is 14.5. The molecule has 0 aromatic heterocycles. The second-order valence-corrected chi connectivity index (χ2v) is 5.98. The molecule has 1 aliphatic rings. The lowest BCUT2D eigenvalue weighted by Crippen LogP contribution is -2.44.